The first-order chi connectivity index (χ1) is 19.8. The Morgan fingerprint density at radius 2 is 1.07 bits per heavy atom. The van der Waals surface area contributed by atoms with Crippen LogP contribution in [-0.4, -0.2) is 41.0 Å². The van der Waals surface area contributed by atoms with Gasteiger partial charge in [-0.25, -0.2) is 4.57 Å². The molecule has 242 valence electrons. The van der Waals surface area contributed by atoms with Crippen LogP contribution in [0.4, 0.5) is 0 Å². The van der Waals surface area contributed by atoms with Crippen molar-refractivity contribution in [1.82, 2.24) is 0 Å². The Morgan fingerprint density at radius 3 is 1.59 bits per heavy atom. The van der Waals surface area contributed by atoms with Crippen molar-refractivity contribution in [3.63, 3.8) is 0 Å². The third-order valence-electron chi connectivity index (χ3n) is 7.02. The monoisotopic (exact) mass is 604 g/mol. The summed E-state index contributed by atoms with van der Waals surface area (Å²) in [6, 6.07) is 0. The maximum Gasteiger partial charge on any atom is 0.469 e. The van der Waals surface area contributed by atoms with Crippen LogP contribution in [0.25, 0.3) is 0 Å². The fraction of sp³-hybridized carbons (Fsp3) is 0.875. The average molecular weight is 605 g/mol. The SMILES string of the molecule is CCC/C=C\CCCCCCCC(=O)O[C@H](COC(=O)CCCCCCCCCCCCCCC)COP(=O)(O)O. The largest absolute Gasteiger partial charge is 0.469 e. The molecular weight excluding hydrogens is 543 g/mol. The van der Waals surface area contributed by atoms with Crippen molar-refractivity contribution in [1.29, 1.82) is 0 Å². The summed E-state index contributed by atoms with van der Waals surface area (Å²) in [5.74, 6) is -0.894. The Labute approximate surface area is 250 Å². The number of hydrogen-bond acceptors (Lipinski definition) is 6. The molecule has 0 aliphatic heterocycles. The number of carbonyl (C=O) groups is 2. The summed E-state index contributed by atoms with van der Waals surface area (Å²) in [4.78, 5) is 42.4. The Balaban J connectivity index is 4.00. The normalized spacial score (nSPS) is 12.6. The fourth-order valence-electron chi connectivity index (χ4n) is 4.55. The van der Waals surface area contributed by atoms with Crippen molar-refractivity contribution in [3.05, 3.63) is 12.2 Å². The minimum absolute atomic E-state index is 0.204. The molecule has 0 spiro atoms. The number of esters is 2. The van der Waals surface area contributed by atoms with Gasteiger partial charge in [0, 0.05) is 12.8 Å². The van der Waals surface area contributed by atoms with Gasteiger partial charge < -0.3 is 19.3 Å². The highest BCUT2D eigenvalue weighted by atomic mass is 31.2. The lowest BCUT2D eigenvalue weighted by molar-refractivity contribution is -0.161. The van der Waals surface area contributed by atoms with E-state index in [-0.39, 0.29) is 19.4 Å². The maximum absolute atomic E-state index is 12.2. The maximum atomic E-state index is 12.2. The zero-order valence-electron chi connectivity index (χ0n) is 26.2. The van der Waals surface area contributed by atoms with Gasteiger partial charge in [-0.2, -0.15) is 0 Å². The van der Waals surface area contributed by atoms with E-state index in [9.17, 15) is 14.2 Å². The molecule has 0 aromatic rings. The van der Waals surface area contributed by atoms with Gasteiger partial charge in [-0.1, -0.05) is 129 Å². The molecule has 0 aromatic heterocycles. The lowest BCUT2D eigenvalue weighted by atomic mass is 10.0. The Morgan fingerprint density at radius 1 is 0.610 bits per heavy atom. The molecule has 0 saturated heterocycles. The van der Waals surface area contributed by atoms with Gasteiger partial charge in [0.1, 0.15) is 6.61 Å². The van der Waals surface area contributed by atoms with Crippen LogP contribution in [0.2, 0.25) is 0 Å². The van der Waals surface area contributed by atoms with Gasteiger partial charge in [0.05, 0.1) is 6.61 Å². The molecule has 0 fully saturated rings. The van der Waals surface area contributed by atoms with Gasteiger partial charge in [-0.05, 0) is 32.1 Å². The number of ether oxygens (including phenoxy) is 2. The second kappa shape index (κ2) is 28.9. The number of hydrogen-bond donors (Lipinski definition) is 2. The van der Waals surface area contributed by atoms with Gasteiger partial charge in [0.15, 0.2) is 6.10 Å². The summed E-state index contributed by atoms with van der Waals surface area (Å²) < 4.78 is 26.1. The summed E-state index contributed by atoms with van der Waals surface area (Å²) in [7, 11) is -4.74. The number of allylic oxidation sites excluding steroid dienone is 2. The van der Waals surface area contributed by atoms with Crippen LogP contribution in [0.3, 0.4) is 0 Å². The van der Waals surface area contributed by atoms with E-state index in [4.69, 9.17) is 19.3 Å². The first-order valence-corrected chi connectivity index (χ1v) is 18.0. The van der Waals surface area contributed by atoms with Crippen LogP contribution in [0.15, 0.2) is 12.2 Å². The molecule has 41 heavy (non-hydrogen) atoms. The average Bonchev–Trinajstić information content (AvgIpc) is 2.93. The smallest absolute Gasteiger partial charge is 0.462 e. The minimum Gasteiger partial charge on any atom is -0.462 e. The van der Waals surface area contributed by atoms with Crippen molar-refractivity contribution in [2.75, 3.05) is 13.2 Å². The van der Waals surface area contributed by atoms with Crippen molar-refractivity contribution in [2.45, 2.75) is 168 Å². The van der Waals surface area contributed by atoms with Gasteiger partial charge >= 0.3 is 19.8 Å². The van der Waals surface area contributed by atoms with E-state index in [1.54, 1.807) is 0 Å². The zero-order chi connectivity index (χ0) is 30.4. The highest BCUT2D eigenvalue weighted by Crippen LogP contribution is 2.35. The first kappa shape index (κ1) is 39.8. The molecular formula is C32H61O8P. The minimum atomic E-state index is -4.74. The number of phosphoric ester groups is 1. The lowest BCUT2D eigenvalue weighted by Crippen LogP contribution is -2.29. The molecule has 0 aliphatic rings. The molecule has 8 nitrogen and oxygen atoms in total. The number of phosphoric acid groups is 1. The van der Waals surface area contributed by atoms with Crippen LogP contribution < -0.4 is 0 Å². The first-order valence-electron chi connectivity index (χ1n) is 16.5. The predicted octanol–water partition coefficient (Wildman–Crippen LogP) is 9.12. The second-order valence-corrected chi connectivity index (χ2v) is 12.4. The van der Waals surface area contributed by atoms with E-state index in [1.165, 1.54) is 70.6 Å². The van der Waals surface area contributed by atoms with E-state index < -0.39 is 32.5 Å². The van der Waals surface area contributed by atoms with E-state index >= 15 is 0 Å². The Bertz CT molecular complexity index is 691. The van der Waals surface area contributed by atoms with Crippen molar-refractivity contribution < 1.29 is 37.9 Å². The number of rotatable bonds is 30. The van der Waals surface area contributed by atoms with Crippen molar-refractivity contribution in [3.8, 4) is 0 Å². The van der Waals surface area contributed by atoms with E-state index in [2.05, 4.69) is 30.5 Å². The quantitative estimate of drug-likeness (QED) is 0.0360. The highest BCUT2D eigenvalue weighted by molar-refractivity contribution is 7.46. The van der Waals surface area contributed by atoms with Crippen LogP contribution in [0, 0.1) is 0 Å². The van der Waals surface area contributed by atoms with Crippen molar-refractivity contribution >= 4 is 19.8 Å². The van der Waals surface area contributed by atoms with Crippen LogP contribution in [0.5, 0.6) is 0 Å². The molecule has 2 N–H and O–H groups in total. The predicted molar refractivity (Wildman–Crippen MR) is 166 cm³/mol. The van der Waals surface area contributed by atoms with Gasteiger partial charge in [-0.15, -0.1) is 0 Å². The Hall–Kier alpha value is -1.21. The molecule has 0 bridgehead atoms. The summed E-state index contributed by atoms with van der Waals surface area (Å²) in [5, 5.41) is 0. The van der Waals surface area contributed by atoms with Gasteiger partial charge in [0.2, 0.25) is 0 Å². The molecule has 0 amide bonds. The topological polar surface area (TPSA) is 119 Å². The summed E-state index contributed by atoms with van der Waals surface area (Å²) in [6.07, 6.45) is 28.0. The van der Waals surface area contributed by atoms with Gasteiger partial charge in [0.25, 0.3) is 0 Å². The molecule has 0 heterocycles. The molecule has 0 saturated carbocycles. The van der Waals surface area contributed by atoms with Crippen LogP contribution in [0.1, 0.15) is 162 Å². The van der Waals surface area contributed by atoms with Crippen LogP contribution in [-0.2, 0) is 28.2 Å². The molecule has 0 unspecified atom stereocenters. The van der Waals surface area contributed by atoms with E-state index in [0.717, 1.165) is 57.8 Å². The third-order valence-corrected chi connectivity index (χ3v) is 7.50. The molecule has 0 aromatic carbocycles. The third kappa shape index (κ3) is 31.6. The van der Waals surface area contributed by atoms with Crippen LogP contribution >= 0.6 is 7.82 Å². The second-order valence-electron chi connectivity index (χ2n) is 11.1. The highest BCUT2D eigenvalue weighted by Gasteiger charge is 2.22. The van der Waals surface area contributed by atoms with Crippen molar-refractivity contribution in [2.24, 2.45) is 0 Å². The van der Waals surface area contributed by atoms with E-state index in [0.29, 0.717) is 6.42 Å². The summed E-state index contributed by atoms with van der Waals surface area (Å²) >= 11 is 0. The van der Waals surface area contributed by atoms with E-state index in [1.807, 2.05) is 0 Å². The zero-order valence-corrected chi connectivity index (χ0v) is 27.1. The molecule has 1 atom stereocenters. The summed E-state index contributed by atoms with van der Waals surface area (Å²) in [6.45, 7) is 3.59. The van der Waals surface area contributed by atoms with Gasteiger partial charge in [-0.3, -0.25) is 14.1 Å². The Kier molecular flexibility index (Phi) is 28.0. The lowest BCUT2D eigenvalue weighted by Gasteiger charge is -2.18. The fourth-order valence-corrected chi connectivity index (χ4v) is 4.91. The molecule has 0 rings (SSSR count). The molecule has 0 radical (unpaired) electrons. The standard InChI is InChI=1S/C32H61O8P/c1-3-5-7-9-11-13-15-16-17-19-20-22-24-26-31(33)38-28-30(29-39-41(35,36)37)40-32(34)27-25-23-21-18-14-12-10-8-6-4-2/h8,10,30H,3-7,9,11-29H2,1-2H3,(H2,35,36,37)/b10-8-/t30-/m1/s1. The molecule has 0 aliphatic carbocycles. The molecule has 9 heteroatoms. The number of carbonyl (C=O) groups excluding carboxylic acids is 2. The number of unbranched alkanes of at least 4 members (excludes halogenated alkanes) is 18. The summed E-state index contributed by atoms with van der Waals surface area (Å²) in [5.41, 5.74) is 0.